The van der Waals surface area contributed by atoms with Crippen LogP contribution in [0.1, 0.15) is 20.3 Å². The summed E-state index contributed by atoms with van der Waals surface area (Å²) in [6.07, 6.45) is 0.643. The number of benzene rings is 1. The average molecular weight is 301 g/mol. The van der Waals surface area contributed by atoms with E-state index in [1.165, 1.54) is 6.07 Å². The second kappa shape index (κ2) is 5.02. The first-order valence-corrected chi connectivity index (χ1v) is 6.72. The lowest BCUT2D eigenvalue weighted by Gasteiger charge is -2.38. The number of carbonyl (C=O) groups is 2. The summed E-state index contributed by atoms with van der Waals surface area (Å²) < 4.78 is 0. The Morgan fingerprint density at radius 1 is 1.32 bits per heavy atom. The summed E-state index contributed by atoms with van der Waals surface area (Å²) in [6, 6.07) is 4.25. The molecular weight excluding hydrogens is 287 g/mol. The smallest absolute Gasteiger partial charge is 0.328 e. The van der Waals surface area contributed by atoms with Crippen molar-refractivity contribution in [3.05, 3.63) is 28.2 Å². The number of amides is 3. The molecule has 0 bridgehead atoms. The van der Waals surface area contributed by atoms with Gasteiger partial charge < -0.3 is 5.32 Å². The molecule has 1 fully saturated rings. The number of anilines is 1. The summed E-state index contributed by atoms with van der Waals surface area (Å²) in [5.74, 6) is -0.225. The largest absolute Gasteiger partial charge is 0.336 e. The minimum Gasteiger partial charge on any atom is -0.336 e. The van der Waals surface area contributed by atoms with E-state index in [4.69, 9.17) is 23.2 Å². The van der Waals surface area contributed by atoms with Gasteiger partial charge >= 0.3 is 6.03 Å². The van der Waals surface area contributed by atoms with Gasteiger partial charge in [-0.15, -0.1) is 0 Å². The van der Waals surface area contributed by atoms with Gasteiger partial charge in [0.15, 0.2) is 0 Å². The van der Waals surface area contributed by atoms with E-state index >= 15 is 0 Å². The Morgan fingerprint density at radius 2 is 2.00 bits per heavy atom. The fourth-order valence-corrected chi connectivity index (χ4v) is 2.21. The predicted octanol–water partition coefficient (Wildman–Crippen LogP) is 3.47. The molecule has 1 aliphatic heterocycles. The number of nitrogens with zero attached hydrogens (tertiary/aromatic N) is 1. The van der Waals surface area contributed by atoms with Gasteiger partial charge in [-0.2, -0.15) is 0 Å². The van der Waals surface area contributed by atoms with Gasteiger partial charge in [0.05, 0.1) is 21.1 Å². The van der Waals surface area contributed by atoms with Gasteiger partial charge in [-0.3, -0.25) is 4.79 Å². The Labute approximate surface area is 121 Å². The molecule has 1 N–H and O–H groups in total. The van der Waals surface area contributed by atoms with E-state index in [1.54, 1.807) is 12.1 Å². The summed E-state index contributed by atoms with van der Waals surface area (Å²) in [7, 11) is 0. The molecule has 102 valence electrons. The number of hydrogen-bond donors (Lipinski definition) is 1. The Morgan fingerprint density at radius 3 is 2.58 bits per heavy atom. The fraction of sp³-hybridized carbons (Fsp3) is 0.385. The number of urea groups is 1. The first kappa shape index (κ1) is 14.2. The highest BCUT2D eigenvalue weighted by Crippen LogP contribution is 2.33. The van der Waals surface area contributed by atoms with Crippen molar-refractivity contribution < 1.29 is 9.59 Å². The molecule has 3 amide bonds. The van der Waals surface area contributed by atoms with Crippen LogP contribution in [0.5, 0.6) is 0 Å². The maximum absolute atomic E-state index is 12.5. The third-order valence-corrected chi connectivity index (χ3v) is 4.23. The van der Waals surface area contributed by atoms with E-state index in [-0.39, 0.29) is 5.91 Å². The fourth-order valence-electron chi connectivity index (χ4n) is 1.92. The minimum absolute atomic E-state index is 0.225. The van der Waals surface area contributed by atoms with Crippen LogP contribution in [0, 0.1) is 5.41 Å². The number of nitrogens with one attached hydrogen (secondary N) is 1. The van der Waals surface area contributed by atoms with Crippen LogP contribution in [0.3, 0.4) is 0 Å². The number of halogens is 2. The molecule has 1 aliphatic rings. The molecule has 1 heterocycles. The van der Waals surface area contributed by atoms with Crippen LogP contribution in [0.2, 0.25) is 10.0 Å². The zero-order valence-corrected chi connectivity index (χ0v) is 12.2. The second-order valence-electron chi connectivity index (χ2n) is 4.81. The van der Waals surface area contributed by atoms with E-state index in [0.29, 0.717) is 28.7 Å². The number of imide groups is 1. The number of rotatable bonds is 2. The molecule has 0 radical (unpaired) electrons. The van der Waals surface area contributed by atoms with Crippen molar-refractivity contribution in [2.24, 2.45) is 5.41 Å². The molecule has 1 aromatic rings. The van der Waals surface area contributed by atoms with E-state index in [9.17, 15) is 9.59 Å². The standard InChI is InChI=1S/C13H14Cl2N2O2/c1-3-13(2)7-16-12(19)17(11(13)18)8-4-5-9(14)10(15)6-8/h4-6H,3,7H2,1-2H3,(H,16,19). The van der Waals surface area contributed by atoms with E-state index in [2.05, 4.69) is 5.32 Å². The van der Waals surface area contributed by atoms with Gasteiger partial charge in [-0.05, 0) is 31.5 Å². The summed E-state index contributed by atoms with van der Waals surface area (Å²) in [5, 5.41) is 3.42. The van der Waals surface area contributed by atoms with Crippen LogP contribution in [-0.4, -0.2) is 18.5 Å². The zero-order chi connectivity index (χ0) is 14.2. The van der Waals surface area contributed by atoms with Crippen molar-refractivity contribution in [1.82, 2.24) is 5.32 Å². The van der Waals surface area contributed by atoms with Gasteiger partial charge in [0.1, 0.15) is 0 Å². The second-order valence-corrected chi connectivity index (χ2v) is 5.63. The molecule has 0 aromatic heterocycles. The molecule has 2 rings (SSSR count). The Bertz CT molecular complexity index is 547. The SMILES string of the molecule is CCC1(C)CNC(=O)N(c2ccc(Cl)c(Cl)c2)C1=O. The van der Waals surface area contributed by atoms with Gasteiger partial charge in [0, 0.05) is 6.54 Å². The first-order valence-electron chi connectivity index (χ1n) is 5.96. The Balaban J connectivity index is 2.43. The third-order valence-electron chi connectivity index (χ3n) is 3.49. The van der Waals surface area contributed by atoms with Crippen LogP contribution in [-0.2, 0) is 4.79 Å². The van der Waals surface area contributed by atoms with Crippen molar-refractivity contribution in [2.75, 3.05) is 11.4 Å². The van der Waals surface area contributed by atoms with E-state index in [1.807, 2.05) is 13.8 Å². The average Bonchev–Trinajstić information content (AvgIpc) is 2.39. The number of carbonyl (C=O) groups excluding carboxylic acids is 2. The molecule has 19 heavy (non-hydrogen) atoms. The van der Waals surface area contributed by atoms with Crippen LogP contribution >= 0.6 is 23.2 Å². The van der Waals surface area contributed by atoms with Crippen molar-refractivity contribution in [3.8, 4) is 0 Å². The maximum atomic E-state index is 12.5. The van der Waals surface area contributed by atoms with Gasteiger partial charge in [-0.25, -0.2) is 9.69 Å². The molecule has 6 heteroatoms. The van der Waals surface area contributed by atoms with Crippen LogP contribution in [0.15, 0.2) is 18.2 Å². The molecule has 1 atom stereocenters. The highest BCUT2D eigenvalue weighted by molar-refractivity contribution is 6.42. The van der Waals surface area contributed by atoms with Gasteiger partial charge in [-0.1, -0.05) is 30.1 Å². The normalized spacial score (nSPS) is 23.5. The predicted molar refractivity (Wildman–Crippen MR) is 75.7 cm³/mol. The first-order chi connectivity index (χ1) is 8.89. The summed E-state index contributed by atoms with van der Waals surface area (Å²) >= 11 is 11.8. The van der Waals surface area contributed by atoms with Crippen molar-refractivity contribution >= 4 is 40.8 Å². The van der Waals surface area contributed by atoms with Crippen molar-refractivity contribution in [2.45, 2.75) is 20.3 Å². The van der Waals surface area contributed by atoms with E-state index in [0.717, 1.165) is 4.90 Å². The topological polar surface area (TPSA) is 49.4 Å². The highest BCUT2D eigenvalue weighted by Gasteiger charge is 2.43. The van der Waals surface area contributed by atoms with Crippen LogP contribution in [0.25, 0.3) is 0 Å². The lowest BCUT2D eigenvalue weighted by atomic mass is 9.84. The quantitative estimate of drug-likeness (QED) is 0.909. The van der Waals surface area contributed by atoms with Crippen molar-refractivity contribution in [3.63, 3.8) is 0 Å². The monoisotopic (exact) mass is 300 g/mol. The Kier molecular flexibility index (Phi) is 3.74. The van der Waals surface area contributed by atoms with E-state index < -0.39 is 11.4 Å². The molecule has 0 spiro atoms. The molecule has 4 nitrogen and oxygen atoms in total. The minimum atomic E-state index is -0.597. The third kappa shape index (κ3) is 2.42. The molecule has 1 saturated heterocycles. The van der Waals surface area contributed by atoms with Crippen LogP contribution in [0.4, 0.5) is 10.5 Å². The molecular formula is C13H14Cl2N2O2. The Hall–Kier alpha value is -1.26. The number of hydrogen-bond acceptors (Lipinski definition) is 2. The molecule has 1 aromatic carbocycles. The zero-order valence-electron chi connectivity index (χ0n) is 10.7. The van der Waals surface area contributed by atoms with Gasteiger partial charge in [0.25, 0.3) is 0 Å². The summed E-state index contributed by atoms with van der Waals surface area (Å²) in [6.45, 7) is 4.10. The molecule has 0 saturated carbocycles. The lowest BCUT2D eigenvalue weighted by molar-refractivity contribution is -0.127. The molecule has 0 aliphatic carbocycles. The van der Waals surface area contributed by atoms with Gasteiger partial charge in [0.2, 0.25) is 5.91 Å². The van der Waals surface area contributed by atoms with Crippen LogP contribution < -0.4 is 10.2 Å². The highest BCUT2D eigenvalue weighted by atomic mass is 35.5. The molecule has 1 unspecified atom stereocenters. The lowest BCUT2D eigenvalue weighted by Crippen LogP contribution is -2.59. The van der Waals surface area contributed by atoms with Crippen molar-refractivity contribution in [1.29, 1.82) is 0 Å². The summed E-state index contributed by atoms with van der Waals surface area (Å²) in [4.78, 5) is 25.5. The summed E-state index contributed by atoms with van der Waals surface area (Å²) in [5.41, 5.74) is -0.170. The maximum Gasteiger partial charge on any atom is 0.328 e.